The number of aryl methyl sites for hydroxylation is 2. The van der Waals surface area contributed by atoms with Crippen LogP contribution in [0.5, 0.6) is 0 Å². The summed E-state index contributed by atoms with van der Waals surface area (Å²) in [5.74, 6) is 2.16. The maximum atomic E-state index is 6.10. The standard InChI is InChI=1S/C17H27N/c1-12-8-13(2)10-15(9-12)17(11-18)16-7-5-4-6-14(16)3/h8-10,14,16-17H,4-7,11,18H2,1-3H3. The molecular formula is C17H27N. The highest BCUT2D eigenvalue weighted by Gasteiger charge is 2.29. The van der Waals surface area contributed by atoms with Crippen LogP contribution < -0.4 is 5.73 Å². The van der Waals surface area contributed by atoms with Gasteiger partial charge in [-0.15, -0.1) is 0 Å². The maximum Gasteiger partial charge on any atom is -0.000546 e. The van der Waals surface area contributed by atoms with Crippen molar-refractivity contribution < 1.29 is 0 Å². The zero-order chi connectivity index (χ0) is 13.1. The van der Waals surface area contributed by atoms with Crippen molar-refractivity contribution in [3.8, 4) is 0 Å². The number of nitrogens with two attached hydrogens (primary N) is 1. The zero-order valence-corrected chi connectivity index (χ0v) is 12.1. The third kappa shape index (κ3) is 2.95. The molecule has 0 saturated heterocycles. The van der Waals surface area contributed by atoms with Crippen molar-refractivity contribution in [3.05, 3.63) is 34.9 Å². The van der Waals surface area contributed by atoms with E-state index in [9.17, 15) is 0 Å². The molecule has 2 rings (SSSR count). The molecule has 1 aliphatic rings. The molecule has 0 heterocycles. The second-order valence-corrected chi connectivity index (χ2v) is 6.19. The van der Waals surface area contributed by atoms with E-state index in [1.54, 1.807) is 0 Å². The van der Waals surface area contributed by atoms with Crippen LogP contribution >= 0.6 is 0 Å². The van der Waals surface area contributed by atoms with Crippen molar-refractivity contribution in [1.29, 1.82) is 0 Å². The summed E-state index contributed by atoms with van der Waals surface area (Å²) in [5.41, 5.74) is 10.3. The molecule has 1 heteroatoms. The topological polar surface area (TPSA) is 26.0 Å². The van der Waals surface area contributed by atoms with E-state index in [-0.39, 0.29) is 0 Å². The lowest BCUT2D eigenvalue weighted by Crippen LogP contribution is -2.29. The lowest BCUT2D eigenvalue weighted by Gasteiger charge is -2.35. The van der Waals surface area contributed by atoms with Gasteiger partial charge in [-0.25, -0.2) is 0 Å². The Morgan fingerprint density at radius 2 is 1.72 bits per heavy atom. The van der Waals surface area contributed by atoms with Gasteiger partial charge in [0.2, 0.25) is 0 Å². The van der Waals surface area contributed by atoms with Crippen molar-refractivity contribution in [2.24, 2.45) is 17.6 Å². The van der Waals surface area contributed by atoms with Crippen molar-refractivity contribution >= 4 is 0 Å². The van der Waals surface area contributed by atoms with Crippen molar-refractivity contribution in [2.75, 3.05) is 6.54 Å². The zero-order valence-electron chi connectivity index (χ0n) is 12.1. The van der Waals surface area contributed by atoms with E-state index in [1.807, 2.05) is 0 Å². The lowest BCUT2D eigenvalue weighted by atomic mass is 9.71. The van der Waals surface area contributed by atoms with Crippen LogP contribution in [-0.2, 0) is 0 Å². The molecule has 100 valence electrons. The Labute approximate surface area is 112 Å². The molecule has 1 aliphatic carbocycles. The molecule has 0 aromatic heterocycles. The van der Waals surface area contributed by atoms with E-state index in [2.05, 4.69) is 39.0 Å². The van der Waals surface area contributed by atoms with Gasteiger partial charge in [-0.2, -0.15) is 0 Å². The SMILES string of the molecule is Cc1cc(C)cc(C(CN)C2CCCCC2C)c1. The summed E-state index contributed by atoms with van der Waals surface area (Å²) in [6.07, 6.45) is 5.53. The number of benzene rings is 1. The van der Waals surface area contributed by atoms with Gasteiger partial charge in [0.1, 0.15) is 0 Å². The van der Waals surface area contributed by atoms with Crippen LogP contribution in [0, 0.1) is 25.7 Å². The van der Waals surface area contributed by atoms with Gasteiger partial charge in [-0.05, 0) is 50.1 Å². The van der Waals surface area contributed by atoms with Crippen molar-refractivity contribution in [2.45, 2.75) is 52.4 Å². The van der Waals surface area contributed by atoms with Crippen LogP contribution in [-0.4, -0.2) is 6.54 Å². The minimum absolute atomic E-state index is 0.555. The average Bonchev–Trinajstić information content (AvgIpc) is 2.31. The molecular weight excluding hydrogens is 218 g/mol. The third-order valence-electron chi connectivity index (χ3n) is 4.62. The normalized spacial score (nSPS) is 26.0. The predicted octanol–water partition coefficient (Wildman–Crippen LogP) is 4.17. The first-order valence-corrected chi connectivity index (χ1v) is 7.40. The smallest absolute Gasteiger partial charge is 0.000546 e. The van der Waals surface area contributed by atoms with Gasteiger partial charge < -0.3 is 5.73 Å². The second kappa shape index (κ2) is 5.88. The van der Waals surface area contributed by atoms with Gasteiger partial charge in [-0.3, -0.25) is 0 Å². The van der Waals surface area contributed by atoms with Crippen molar-refractivity contribution in [3.63, 3.8) is 0 Å². The molecule has 18 heavy (non-hydrogen) atoms. The largest absolute Gasteiger partial charge is 0.330 e. The molecule has 0 amide bonds. The van der Waals surface area contributed by atoms with Crippen LogP contribution in [0.1, 0.15) is 55.2 Å². The minimum Gasteiger partial charge on any atom is -0.330 e. The molecule has 1 saturated carbocycles. The quantitative estimate of drug-likeness (QED) is 0.849. The van der Waals surface area contributed by atoms with E-state index in [0.29, 0.717) is 5.92 Å². The summed E-state index contributed by atoms with van der Waals surface area (Å²) < 4.78 is 0. The minimum atomic E-state index is 0.555. The molecule has 1 aromatic carbocycles. The maximum absolute atomic E-state index is 6.10. The van der Waals surface area contributed by atoms with E-state index >= 15 is 0 Å². The molecule has 0 aliphatic heterocycles. The van der Waals surface area contributed by atoms with Crippen molar-refractivity contribution in [1.82, 2.24) is 0 Å². The second-order valence-electron chi connectivity index (χ2n) is 6.19. The third-order valence-corrected chi connectivity index (χ3v) is 4.62. The monoisotopic (exact) mass is 245 g/mol. The fourth-order valence-corrected chi connectivity index (χ4v) is 3.72. The molecule has 3 unspecified atom stereocenters. The average molecular weight is 245 g/mol. The molecule has 0 radical (unpaired) electrons. The van der Waals surface area contributed by atoms with Gasteiger partial charge in [0.15, 0.2) is 0 Å². The highest BCUT2D eigenvalue weighted by atomic mass is 14.6. The first-order valence-electron chi connectivity index (χ1n) is 7.40. The fourth-order valence-electron chi connectivity index (χ4n) is 3.72. The Bertz CT molecular complexity index is 376. The molecule has 3 atom stereocenters. The fraction of sp³-hybridized carbons (Fsp3) is 0.647. The van der Waals surface area contributed by atoms with Crippen LogP contribution in [0.15, 0.2) is 18.2 Å². The van der Waals surface area contributed by atoms with Gasteiger partial charge in [-0.1, -0.05) is 55.5 Å². The summed E-state index contributed by atoms with van der Waals surface area (Å²) in [6.45, 7) is 7.58. The Morgan fingerprint density at radius 1 is 1.11 bits per heavy atom. The molecule has 1 nitrogen and oxygen atoms in total. The van der Waals surface area contributed by atoms with Gasteiger partial charge in [0.25, 0.3) is 0 Å². The van der Waals surface area contributed by atoms with E-state index in [1.165, 1.54) is 42.4 Å². The Balaban J connectivity index is 2.26. The highest BCUT2D eigenvalue weighted by Crippen LogP contribution is 2.39. The van der Waals surface area contributed by atoms with Crippen LogP contribution in [0.25, 0.3) is 0 Å². The highest BCUT2D eigenvalue weighted by molar-refractivity contribution is 5.31. The predicted molar refractivity (Wildman–Crippen MR) is 78.8 cm³/mol. The summed E-state index contributed by atoms with van der Waals surface area (Å²) in [4.78, 5) is 0. The number of hydrogen-bond donors (Lipinski definition) is 1. The lowest BCUT2D eigenvalue weighted by molar-refractivity contribution is 0.218. The van der Waals surface area contributed by atoms with Crippen LogP contribution in [0.2, 0.25) is 0 Å². The molecule has 0 spiro atoms. The van der Waals surface area contributed by atoms with Gasteiger partial charge in [0, 0.05) is 0 Å². The Morgan fingerprint density at radius 3 is 2.28 bits per heavy atom. The Hall–Kier alpha value is -0.820. The summed E-state index contributed by atoms with van der Waals surface area (Å²) in [5, 5.41) is 0. The molecule has 1 aromatic rings. The van der Waals surface area contributed by atoms with Crippen LogP contribution in [0.3, 0.4) is 0 Å². The van der Waals surface area contributed by atoms with Gasteiger partial charge >= 0.3 is 0 Å². The van der Waals surface area contributed by atoms with E-state index in [4.69, 9.17) is 5.73 Å². The summed E-state index contributed by atoms with van der Waals surface area (Å²) in [6, 6.07) is 6.93. The Kier molecular flexibility index (Phi) is 4.45. The van der Waals surface area contributed by atoms with E-state index < -0.39 is 0 Å². The summed E-state index contributed by atoms with van der Waals surface area (Å²) >= 11 is 0. The first kappa shape index (κ1) is 13.6. The summed E-state index contributed by atoms with van der Waals surface area (Å²) in [7, 11) is 0. The number of hydrogen-bond acceptors (Lipinski definition) is 1. The molecule has 2 N–H and O–H groups in total. The van der Waals surface area contributed by atoms with Crippen LogP contribution in [0.4, 0.5) is 0 Å². The molecule has 0 bridgehead atoms. The van der Waals surface area contributed by atoms with Gasteiger partial charge in [0.05, 0.1) is 0 Å². The first-order chi connectivity index (χ1) is 8.61. The molecule has 1 fully saturated rings. The van der Waals surface area contributed by atoms with E-state index in [0.717, 1.165) is 18.4 Å². The number of rotatable bonds is 3.